The standard InChI is InChI=1S/C26H21ClN2O3/c27-22-12-6-7-13-23(22)29-25(30)17-32-24-15-20-11-5-4-10-19(20)14-21(24)26(31)28-16-18-8-2-1-3-9-18/h1-15H,16-17H2,(H,28,31)(H,29,30). The summed E-state index contributed by atoms with van der Waals surface area (Å²) in [6.07, 6.45) is 0. The highest BCUT2D eigenvalue weighted by Gasteiger charge is 2.16. The number of anilines is 1. The Morgan fingerprint density at radius 1 is 0.812 bits per heavy atom. The Kier molecular flexibility index (Phi) is 6.68. The third-order valence-electron chi connectivity index (χ3n) is 4.90. The molecule has 2 N–H and O–H groups in total. The van der Waals surface area contributed by atoms with E-state index in [-0.39, 0.29) is 18.4 Å². The minimum Gasteiger partial charge on any atom is -0.483 e. The van der Waals surface area contributed by atoms with Crippen LogP contribution in [0, 0.1) is 0 Å². The Morgan fingerprint density at radius 3 is 2.22 bits per heavy atom. The minimum atomic E-state index is -0.373. The van der Waals surface area contributed by atoms with E-state index in [0.29, 0.717) is 28.6 Å². The zero-order valence-electron chi connectivity index (χ0n) is 17.2. The number of carbonyl (C=O) groups excluding carboxylic acids is 2. The second-order valence-corrected chi connectivity index (χ2v) is 7.59. The van der Waals surface area contributed by atoms with Gasteiger partial charge in [-0.2, -0.15) is 0 Å². The lowest BCUT2D eigenvalue weighted by atomic mass is 10.1. The molecular formula is C26H21ClN2O3. The fourth-order valence-corrected chi connectivity index (χ4v) is 3.46. The number of halogens is 1. The molecule has 5 nitrogen and oxygen atoms in total. The number of carbonyl (C=O) groups is 2. The van der Waals surface area contributed by atoms with Crippen LogP contribution in [0.25, 0.3) is 10.8 Å². The van der Waals surface area contributed by atoms with Gasteiger partial charge in [0, 0.05) is 6.54 Å². The van der Waals surface area contributed by atoms with E-state index in [1.807, 2.05) is 54.6 Å². The van der Waals surface area contributed by atoms with Crippen LogP contribution >= 0.6 is 11.6 Å². The van der Waals surface area contributed by atoms with E-state index in [9.17, 15) is 9.59 Å². The van der Waals surface area contributed by atoms with Crippen LogP contribution in [0.2, 0.25) is 5.02 Å². The van der Waals surface area contributed by atoms with Crippen LogP contribution in [-0.4, -0.2) is 18.4 Å². The smallest absolute Gasteiger partial charge is 0.262 e. The Hall–Kier alpha value is -3.83. The van der Waals surface area contributed by atoms with Gasteiger partial charge in [0.1, 0.15) is 5.75 Å². The lowest BCUT2D eigenvalue weighted by Gasteiger charge is -2.14. The first-order valence-electron chi connectivity index (χ1n) is 10.1. The molecule has 0 saturated carbocycles. The molecule has 4 aromatic rings. The number of para-hydroxylation sites is 1. The van der Waals surface area contributed by atoms with Crippen molar-refractivity contribution in [3.05, 3.63) is 107 Å². The van der Waals surface area contributed by atoms with Crippen LogP contribution in [0.4, 0.5) is 5.69 Å². The van der Waals surface area contributed by atoms with Crippen molar-refractivity contribution in [2.45, 2.75) is 6.54 Å². The molecule has 0 bridgehead atoms. The summed E-state index contributed by atoms with van der Waals surface area (Å²) in [5.74, 6) is -0.313. The lowest BCUT2D eigenvalue weighted by Crippen LogP contribution is -2.25. The normalized spacial score (nSPS) is 10.5. The summed E-state index contributed by atoms with van der Waals surface area (Å²) in [5.41, 5.74) is 1.86. The molecule has 0 unspecified atom stereocenters. The van der Waals surface area contributed by atoms with Crippen LogP contribution < -0.4 is 15.4 Å². The SMILES string of the molecule is O=C(COc1cc2ccccc2cc1C(=O)NCc1ccccc1)Nc1ccccc1Cl. The number of nitrogens with one attached hydrogen (secondary N) is 2. The van der Waals surface area contributed by atoms with Crippen molar-refractivity contribution in [2.24, 2.45) is 0 Å². The van der Waals surface area contributed by atoms with E-state index >= 15 is 0 Å². The highest BCUT2D eigenvalue weighted by molar-refractivity contribution is 6.33. The van der Waals surface area contributed by atoms with Gasteiger partial charge in [0.15, 0.2) is 6.61 Å². The van der Waals surface area contributed by atoms with Gasteiger partial charge in [-0.05, 0) is 40.6 Å². The monoisotopic (exact) mass is 444 g/mol. The molecule has 0 radical (unpaired) electrons. The maximum Gasteiger partial charge on any atom is 0.262 e. The zero-order valence-corrected chi connectivity index (χ0v) is 17.9. The van der Waals surface area contributed by atoms with E-state index in [2.05, 4.69) is 10.6 Å². The molecule has 0 aliphatic heterocycles. The summed E-state index contributed by atoms with van der Waals surface area (Å²) < 4.78 is 5.78. The van der Waals surface area contributed by atoms with E-state index < -0.39 is 0 Å². The predicted molar refractivity (Wildman–Crippen MR) is 127 cm³/mol. The summed E-state index contributed by atoms with van der Waals surface area (Å²) in [6, 6.07) is 27.8. The number of amides is 2. The van der Waals surface area contributed by atoms with Crippen LogP contribution in [0.3, 0.4) is 0 Å². The molecule has 0 fully saturated rings. The lowest BCUT2D eigenvalue weighted by molar-refractivity contribution is -0.118. The molecule has 0 heterocycles. The molecule has 0 saturated heterocycles. The fourth-order valence-electron chi connectivity index (χ4n) is 3.28. The van der Waals surface area contributed by atoms with Crippen LogP contribution in [0.1, 0.15) is 15.9 Å². The van der Waals surface area contributed by atoms with E-state index in [4.69, 9.17) is 16.3 Å². The molecule has 0 aliphatic carbocycles. The number of benzene rings is 4. The van der Waals surface area contributed by atoms with Crippen molar-refractivity contribution in [1.29, 1.82) is 0 Å². The maximum atomic E-state index is 13.0. The van der Waals surface area contributed by atoms with Gasteiger partial charge < -0.3 is 15.4 Å². The summed E-state index contributed by atoms with van der Waals surface area (Å²) in [5, 5.41) is 7.89. The first-order chi connectivity index (χ1) is 15.6. The Morgan fingerprint density at radius 2 is 1.47 bits per heavy atom. The topological polar surface area (TPSA) is 67.4 Å². The van der Waals surface area contributed by atoms with E-state index in [1.54, 1.807) is 36.4 Å². The molecule has 2 amide bonds. The van der Waals surface area contributed by atoms with Gasteiger partial charge in [-0.1, -0.05) is 78.3 Å². The van der Waals surface area contributed by atoms with Gasteiger partial charge in [-0.3, -0.25) is 9.59 Å². The van der Waals surface area contributed by atoms with E-state index in [1.165, 1.54) is 0 Å². The molecular weight excluding hydrogens is 424 g/mol. The number of rotatable bonds is 7. The second-order valence-electron chi connectivity index (χ2n) is 7.18. The Labute approximate surface area is 191 Å². The molecule has 0 spiro atoms. The van der Waals surface area contributed by atoms with Crippen molar-refractivity contribution < 1.29 is 14.3 Å². The predicted octanol–water partition coefficient (Wildman–Crippen LogP) is 5.44. The summed E-state index contributed by atoms with van der Waals surface area (Å²) in [6.45, 7) is 0.126. The van der Waals surface area contributed by atoms with Crippen molar-refractivity contribution in [1.82, 2.24) is 5.32 Å². The molecule has 6 heteroatoms. The zero-order chi connectivity index (χ0) is 22.3. The molecule has 0 aromatic heterocycles. The molecule has 32 heavy (non-hydrogen) atoms. The average Bonchev–Trinajstić information content (AvgIpc) is 2.82. The number of hydrogen-bond donors (Lipinski definition) is 2. The Bertz CT molecular complexity index is 1260. The molecule has 0 atom stereocenters. The number of hydrogen-bond acceptors (Lipinski definition) is 3. The van der Waals surface area contributed by atoms with Gasteiger partial charge >= 0.3 is 0 Å². The molecule has 4 rings (SSSR count). The first-order valence-corrected chi connectivity index (χ1v) is 10.5. The number of ether oxygens (including phenoxy) is 1. The molecule has 0 aliphatic rings. The molecule has 4 aromatic carbocycles. The first kappa shape index (κ1) is 21.4. The van der Waals surface area contributed by atoms with Gasteiger partial charge in [-0.25, -0.2) is 0 Å². The highest BCUT2D eigenvalue weighted by Crippen LogP contribution is 2.27. The maximum absolute atomic E-state index is 13.0. The van der Waals surface area contributed by atoms with Gasteiger partial charge in [0.05, 0.1) is 16.3 Å². The molecule has 160 valence electrons. The van der Waals surface area contributed by atoms with Crippen molar-refractivity contribution in [2.75, 3.05) is 11.9 Å². The van der Waals surface area contributed by atoms with E-state index in [0.717, 1.165) is 16.3 Å². The van der Waals surface area contributed by atoms with Crippen molar-refractivity contribution >= 4 is 39.9 Å². The quantitative estimate of drug-likeness (QED) is 0.399. The van der Waals surface area contributed by atoms with Gasteiger partial charge in [0.25, 0.3) is 11.8 Å². The minimum absolute atomic E-state index is 0.261. The van der Waals surface area contributed by atoms with Crippen LogP contribution in [0.15, 0.2) is 91.0 Å². The van der Waals surface area contributed by atoms with Crippen molar-refractivity contribution in [3.63, 3.8) is 0 Å². The third kappa shape index (κ3) is 5.25. The average molecular weight is 445 g/mol. The Balaban J connectivity index is 1.52. The second kappa shape index (κ2) is 9.98. The van der Waals surface area contributed by atoms with Crippen LogP contribution in [-0.2, 0) is 11.3 Å². The third-order valence-corrected chi connectivity index (χ3v) is 5.22. The number of fused-ring (bicyclic) bond motifs is 1. The summed E-state index contributed by atoms with van der Waals surface area (Å²) >= 11 is 6.09. The largest absolute Gasteiger partial charge is 0.483 e. The van der Waals surface area contributed by atoms with Gasteiger partial charge in [-0.15, -0.1) is 0 Å². The summed E-state index contributed by atoms with van der Waals surface area (Å²) in [4.78, 5) is 25.4. The highest BCUT2D eigenvalue weighted by atomic mass is 35.5. The summed E-state index contributed by atoms with van der Waals surface area (Å²) in [7, 11) is 0. The van der Waals surface area contributed by atoms with Crippen molar-refractivity contribution in [3.8, 4) is 5.75 Å². The van der Waals surface area contributed by atoms with Gasteiger partial charge in [0.2, 0.25) is 0 Å². The van der Waals surface area contributed by atoms with Crippen LogP contribution in [0.5, 0.6) is 5.75 Å². The fraction of sp³-hybridized carbons (Fsp3) is 0.0769.